The van der Waals surface area contributed by atoms with E-state index in [0.29, 0.717) is 22.7 Å². The van der Waals surface area contributed by atoms with Gasteiger partial charge < -0.3 is 14.8 Å². The smallest absolute Gasteiger partial charge is 0.282 e. The number of methoxy groups -OCH3 is 2. The van der Waals surface area contributed by atoms with Crippen LogP contribution >= 0.6 is 0 Å². The Morgan fingerprint density at radius 1 is 0.788 bits per heavy atom. The zero-order valence-corrected chi connectivity index (χ0v) is 18.1. The Labute approximate surface area is 189 Å². The fraction of sp³-hybridized carbons (Fsp3) is 0.120. The van der Waals surface area contributed by atoms with Crippen LogP contribution in [0.25, 0.3) is 5.57 Å². The summed E-state index contributed by atoms with van der Waals surface area (Å²) >= 11 is 0. The van der Waals surface area contributed by atoms with Crippen molar-refractivity contribution in [2.75, 3.05) is 24.4 Å². The second-order valence-electron chi connectivity index (χ2n) is 7.39. The third-order valence-corrected chi connectivity index (χ3v) is 5.21. The lowest BCUT2D eigenvalue weighted by molar-refractivity contribution is -0.120. The molecule has 0 fully saturated rings. The van der Waals surface area contributed by atoms with Gasteiger partial charge in [0.15, 0.2) is 11.6 Å². The third kappa shape index (κ3) is 4.15. The predicted octanol–water partition coefficient (Wildman–Crippen LogP) is 4.69. The SMILES string of the molecule is COc1cc(NC2=C(c3ccc(C)cc3)C(=O)N(c3ccc(F)c(F)c3)C2=O)cc(OC)c1. The van der Waals surface area contributed by atoms with Crippen LogP contribution in [0.4, 0.5) is 20.2 Å². The summed E-state index contributed by atoms with van der Waals surface area (Å²) in [5, 5.41) is 3.00. The molecule has 0 aliphatic carbocycles. The summed E-state index contributed by atoms with van der Waals surface area (Å²) in [5.41, 5.74) is 1.94. The molecular formula is C25H20F2N2O4. The van der Waals surface area contributed by atoms with Crippen molar-refractivity contribution in [2.24, 2.45) is 0 Å². The number of amides is 2. The minimum absolute atomic E-state index is 0.0103. The molecule has 0 radical (unpaired) electrons. The van der Waals surface area contributed by atoms with E-state index in [0.717, 1.165) is 22.6 Å². The van der Waals surface area contributed by atoms with Crippen LogP contribution in [0.3, 0.4) is 0 Å². The first-order valence-corrected chi connectivity index (χ1v) is 9.97. The monoisotopic (exact) mass is 450 g/mol. The molecule has 3 aromatic carbocycles. The molecule has 1 aliphatic rings. The van der Waals surface area contributed by atoms with Gasteiger partial charge in [-0.1, -0.05) is 29.8 Å². The van der Waals surface area contributed by atoms with E-state index in [1.54, 1.807) is 30.3 Å². The number of halogens is 2. The first kappa shape index (κ1) is 22.0. The van der Waals surface area contributed by atoms with Crippen molar-refractivity contribution in [2.45, 2.75) is 6.92 Å². The molecule has 1 heterocycles. The van der Waals surface area contributed by atoms with E-state index >= 15 is 0 Å². The van der Waals surface area contributed by atoms with Crippen molar-refractivity contribution in [3.05, 3.63) is 89.1 Å². The maximum absolute atomic E-state index is 13.9. The van der Waals surface area contributed by atoms with Crippen molar-refractivity contribution in [3.63, 3.8) is 0 Å². The number of benzene rings is 3. The van der Waals surface area contributed by atoms with Crippen LogP contribution in [-0.4, -0.2) is 26.0 Å². The number of hydrogen-bond donors (Lipinski definition) is 1. The molecule has 0 spiro atoms. The summed E-state index contributed by atoms with van der Waals surface area (Å²) in [6.45, 7) is 1.90. The van der Waals surface area contributed by atoms with Crippen molar-refractivity contribution < 1.29 is 27.8 Å². The molecule has 3 aromatic rings. The van der Waals surface area contributed by atoms with E-state index in [1.807, 2.05) is 19.1 Å². The Morgan fingerprint density at radius 3 is 2.00 bits per heavy atom. The van der Waals surface area contributed by atoms with Gasteiger partial charge in [0, 0.05) is 30.0 Å². The lowest BCUT2D eigenvalue weighted by Gasteiger charge is -2.16. The average molecular weight is 450 g/mol. The molecule has 0 saturated carbocycles. The normalized spacial score (nSPS) is 13.5. The maximum atomic E-state index is 13.9. The van der Waals surface area contributed by atoms with Gasteiger partial charge in [0.1, 0.15) is 17.2 Å². The Hall–Kier alpha value is -4.20. The number of ether oxygens (including phenoxy) is 2. The van der Waals surface area contributed by atoms with Gasteiger partial charge in [-0.3, -0.25) is 9.59 Å². The molecule has 1 aliphatic heterocycles. The molecule has 0 saturated heterocycles. The molecule has 33 heavy (non-hydrogen) atoms. The van der Waals surface area contributed by atoms with E-state index in [9.17, 15) is 18.4 Å². The standard InChI is InChI=1S/C25H20F2N2O4/c1-14-4-6-15(7-5-14)22-23(28-16-10-18(32-2)13-19(11-16)33-3)25(31)29(24(22)30)17-8-9-20(26)21(27)12-17/h4-13,28H,1-3H3. The highest BCUT2D eigenvalue weighted by molar-refractivity contribution is 6.46. The number of rotatable bonds is 6. The van der Waals surface area contributed by atoms with Crippen LogP contribution in [0.2, 0.25) is 0 Å². The number of hydrogen-bond acceptors (Lipinski definition) is 5. The second kappa shape index (κ2) is 8.74. The first-order chi connectivity index (χ1) is 15.8. The Bertz CT molecular complexity index is 1260. The summed E-state index contributed by atoms with van der Waals surface area (Å²) in [7, 11) is 2.98. The van der Waals surface area contributed by atoms with Crippen LogP contribution in [-0.2, 0) is 9.59 Å². The summed E-state index contributed by atoms with van der Waals surface area (Å²) in [4.78, 5) is 27.6. The Morgan fingerprint density at radius 2 is 1.42 bits per heavy atom. The quantitative estimate of drug-likeness (QED) is 0.552. The van der Waals surface area contributed by atoms with Crippen molar-refractivity contribution in [1.29, 1.82) is 0 Å². The minimum atomic E-state index is -1.16. The summed E-state index contributed by atoms with van der Waals surface area (Å²) in [5.74, 6) is -2.65. The van der Waals surface area contributed by atoms with E-state index in [-0.39, 0.29) is 17.0 Å². The maximum Gasteiger partial charge on any atom is 0.282 e. The molecule has 2 amide bonds. The second-order valence-corrected chi connectivity index (χ2v) is 7.39. The highest BCUT2D eigenvalue weighted by Gasteiger charge is 2.40. The Kier molecular flexibility index (Phi) is 5.83. The number of anilines is 2. The number of nitrogens with zero attached hydrogens (tertiary/aromatic N) is 1. The summed E-state index contributed by atoms with van der Waals surface area (Å²) < 4.78 is 37.9. The molecule has 4 rings (SSSR count). The molecule has 0 unspecified atom stereocenters. The van der Waals surface area contributed by atoms with Crippen molar-refractivity contribution in [3.8, 4) is 11.5 Å². The third-order valence-electron chi connectivity index (χ3n) is 5.21. The molecule has 6 nitrogen and oxygen atoms in total. The summed E-state index contributed by atoms with van der Waals surface area (Å²) in [6.07, 6.45) is 0. The molecule has 0 bridgehead atoms. The number of imide groups is 1. The zero-order valence-electron chi connectivity index (χ0n) is 18.1. The number of carbonyl (C=O) groups excluding carboxylic acids is 2. The van der Waals surface area contributed by atoms with Gasteiger partial charge in [0.2, 0.25) is 0 Å². The number of carbonyl (C=O) groups is 2. The average Bonchev–Trinajstić information content (AvgIpc) is 3.05. The van der Waals surface area contributed by atoms with Gasteiger partial charge in [-0.25, -0.2) is 13.7 Å². The van der Waals surface area contributed by atoms with Crippen LogP contribution in [0.15, 0.2) is 66.4 Å². The van der Waals surface area contributed by atoms with E-state index < -0.39 is 23.4 Å². The molecule has 0 atom stereocenters. The number of nitrogens with one attached hydrogen (secondary N) is 1. The highest BCUT2D eigenvalue weighted by Crippen LogP contribution is 2.35. The molecule has 1 N–H and O–H groups in total. The molecule has 0 aromatic heterocycles. The van der Waals surface area contributed by atoms with E-state index in [2.05, 4.69) is 5.32 Å². The van der Waals surface area contributed by atoms with E-state index in [4.69, 9.17) is 9.47 Å². The molecular weight excluding hydrogens is 430 g/mol. The van der Waals surface area contributed by atoms with Crippen LogP contribution in [0.5, 0.6) is 11.5 Å². The van der Waals surface area contributed by atoms with Crippen LogP contribution in [0, 0.1) is 18.6 Å². The van der Waals surface area contributed by atoms with Gasteiger partial charge in [-0.2, -0.15) is 0 Å². The highest BCUT2D eigenvalue weighted by atomic mass is 19.2. The van der Waals surface area contributed by atoms with Gasteiger partial charge in [0.25, 0.3) is 11.8 Å². The molecule has 8 heteroatoms. The molecule has 168 valence electrons. The van der Waals surface area contributed by atoms with Gasteiger partial charge >= 0.3 is 0 Å². The van der Waals surface area contributed by atoms with Gasteiger partial charge in [-0.15, -0.1) is 0 Å². The zero-order chi connectivity index (χ0) is 23.7. The fourth-order valence-corrected chi connectivity index (χ4v) is 3.52. The Balaban J connectivity index is 1.83. The lowest BCUT2D eigenvalue weighted by atomic mass is 10.0. The van der Waals surface area contributed by atoms with Crippen molar-refractivity contribution >= 4 is 28.8 Å². The van der Waals surface area contributed by atoms with Gasteiger partial charge in [-0.05, 0) is 24.6 Å². The van der Waals surface area contributed by atoms with Crippen LogP contribution < -0.4 is 19.7 Å². The lowest BCUT2D eigenvalue weighted by Crippen LogP contribution is -2.32. The number of aryl methyl sites for hydroxylation is 1. The van der Waals surface area contributed by atoms with Crippen LogP contribution in [0.1, 0.15) is 11.1 Å². The topological polar surface area (TPSA) is 67.9 Å². The fourth-order valence-electron chi connectivity index (χ4n) is 3.52. The predicted molar refractivity (Wildman–Crippen MR) is 120 cm³/mol. The van der Waals surface area contributed by atoms with E-state index in [1.165, 1.54) is 20.3 Å². The first-order valence-electron chi connectivity index (χ1n) is 9.97. The minimum Gasteiger partial charge on any atom is -0.497 e. The van der Waals surface area contributed by atoms with Gasteiger partial charge in [0.05, 0.1) is 25.5 Å². The summed E-state index contributed by atoms with van der Waals surface area (Å²) in [6, 6.07) is 14.9. The largest absolute Gasteiger partial charge is 0.497 e. The van der Waals surface area contributed by atoms with Crippen molar-refractivity contribution in [1.82, 2.24) is 0 Å².